The van der Waals surface area contributed by atoms with Gasteiger partial charge in [0.1, 0.15) is 13.2 Å². The first-order valence-corrected chi connectivity index (χ1v) is 8.16. The minimum absolute atomic E-state index is 0.118. The van der Waals surface area contributed by atoms with Gasteiger partial charge in [-0.05, 0) is 56.0 Å². The summed E-state index contributed by atoms with van der Waals surface area (Å²) >= 11 is 0. The highest BCUT2D eigenvalue weighted by atomic mass is 16.6. The summed E-state index contributed by atoms with van der Waals surface area (Å²) in [5.74, 6) is 1.54. The van der Waals surface area contributed by atoms with Crippen LogP contribution in [0.25, 0.3) is 0 Å². The molecular formula is C17H22N2O3. The molecule has 0 radical (unpaired) electrons. The normalized spacial score (nSPS) is 22.8. The van der Waals surface area contributed by atoms with Gasteiger partial charge in [0.25, 0.3) is 5.91 Å². The zero-order valence-electron chi connectivity index (χ0n) is 12.8. The molecule has 3 aliphatic rings. The van der Waals surface area contributed by atoms with E-state index in [-0.39, 0.29) is 5.91 Å². The highest BCUT2D eigenvalue weighted by Gasteiger charge is 2.40. The molecule has 5 heteroatoms. The molecule has 5 nitrogen and oxygen atoms in total. The van der Waals surface area contributed by atoms with Crippen molar-refractivity contribution in [3.8, 4) is 11.5 Å². The molecule has 0 saturated carbocycles. The Morgan fingerprint density at radius 2 is 1.86 bits per heavy atom. The molecule has 0 bridgehead atoms. The van der Waals surface area contributed by atoms with Gasteiger partial charge < -0.3 is 19.7 Å². The lowest BCUT2D eigenvalue weighted by Gasteiger charge is -2.33. The van der Waals surface area contributed by atoms with Crippen LogP contribution in [-0.2, 0) is 0 Å². The number of ether oxygens (including phenoxy) is 2. The Balaban J connectivity index is 1.50. The maximum absolute atomic E-state index is 12.8. The molecule has 1 aromatic carbocycles. The van der Waals surface area contributed by atoms with E-state index in [2.05, 4.69) is 5.32 Å². The molecule has 1 spiro atoms. The van der Waals surface area contributed by atoms with Crippen molar-refractivity contribution in [2.24, 2.45) is 5.41 Å². The molecule has 2 saturated heterocycles. The van der Waals surface area contributed by atoms with E-state index >= 15 is 0 Å². The number of nitrogens with zero attached hydrogens (tertiary/aromatic N) is 1. The molecule has 1 amide bonds. The number of carbonyl (C=O) groups excluding carboxylic acids is 1. The molecule has 118 valence electrons. The van der Waals surface area contributed by atoms with E-state index in [0.29, 0.717) is 29.9 Å². The first kappa shape index (κ1) is 13.9. The van der Waals surface area contributed by atoms with Crippen LogP contribution in [0.1, 0.15) is 29.6 Å². The number of rotatable bonds is 1. The lowest BCUT2D eigenvalue weighted by Crippen LogP contribution is -2.39. The predicted molar refractivity (Wildman–Crippen MR) is 82.5 cm³/mol. The maximum atomic E-state index is 12.8. The summed E-state index contributed by atoms with van der Waals surface area (Å²) in [6.45, 7) is 5.03. The monoisotopic (exact) mass is 302 g/mol. The molecule has 3 heterocycles. The molecule has 0 aromatic heterocycles. The number of nitrogens with one attached hydrogen (secondary N) is 1. The van der Waals surface area contributed by atoms with Gasteiger partial charge in [-0.3, -0.25) is 4.79 Å². The fourth-order valence-electron chi connectivity index (χ4n) is 3.83. The summed E-state index contributed by atoms with van der Waals surface area (Å²) in [4.78, 5) is 14.8. The number of carbonyl (C=O) groups is 1. The van der Waals surface area contributed by atoms with E-state index in [1.54, 1.807) is 0 Å². The summed E-state index contributed by atoms with van der Waals surface area (Å²) in [5, 5.41) is 3.41. The van der Waals surface area contributed by atoms with Crippen molar-refractivity contribution in [1.82, 2.24) is 10.2 Å². The highest BCUT2D eigenvalue weighted by Crippen LogP contribution is 2.39. The Labute approximate surface area is 130 Å². The van der Waals surface area contributed by atoms with Crippen molar-refractivity contribution in [2.75, 3.05) is 39.4 Å². The van der Waals surface area contributed by atoms with Gasteiger partial charge in [0.2, 0.25) is 0 Å². The fraction of sp³-hybridized carbons (Fsp3) is 0.588. The Morgan fingerprint density at radius 3 is 2.68 bits per heavy atom. The second-order valence-corrected chi connectivity index (χ2v) is 6.59. The highest BCUT2D eigenvalue weighted by molar-refractivity contribution is 5.95. The van der Waals surface area contributed by atoms with Crippen LogP contribution in [-0.4, -0.2) is 50.2 Å². The van der Waals surface area contributed by atoms with Crippen LogP contribution < -0.4 is 14.8 Å². The summed E-state index contributed by atoms with van der Waals surface area (Å²) in [7, 11) is 0. The van der Waals surface area contributed by atoms with Crippen LogP contribution in [0.3, 0.4) is 0 Å². The largest absolute Gasteiger partial charge is 0.486 e. The average Bonchev–Trinajstić information content (AvgIpc) is 2.98. The molecule has 0 aliphatic carbocycles. The minimum atomic E-state index is 0.118. The van der Waals surface area contributed by atoms with Crippen molar-refractivity contribution in [3.05, 3.63) is 23.8 Å². The third kappa shape index (κ3) is 2.43. The van der Waals surface area contributed by atoms with Crippen molar-refractivity contribution in [1.29, 1.82) is 0 Å². The molecular weight excluding hydrogens is 280 g/mol. The molecule has 0 unspecified atom stereocenters. The van der Waals surface area contributed by atoms with Crippen LogP contribution in [0.5, 0.6) is 11.5 Å². The first-order valence-electron chi connectivity index (χ1n) is 8.16. The van der Waals surface area contributed by atoms with Gasteiger partial charge in [0.15, 0.2) is 11.5 Å². The van der Waals surface area contributed by atoms with Crippen LogP contribution in [0.4, 0.5) is 0 Å². The van der Waals surface area contributed by atoms with Crippen molar-refractivity contribution < 1.29 is 14.3 Å². The Morgan fingerprint density at radius 1 is 1.09 bits per heavy atom. The lowest BCUT2D eigenvalue weighted by molar-refractivity contribution is 0.0760. The number of piperidine rings is 1. The van der Waals surface area contributed by atoms with Gasteiger partial charge in [0, 0.05) is 18.7 Å². The zero-order chi connectivity index (χ0) is 15.0. The Kier molecular flexibility index (Phi) is 3.45. The Hall–Kier alpha value is -1.75. The third-order valence-corrected chi connectivity index (χ3v) is 5.18. The molecule has 2 fully saturated rings. The number of hydrogen-bond donors (Lipinski definition) is 1. The molecule has 0 atom stereocenters. The van der Waals surface area contributed by atoms with Crippen molar-refractivity contribution >= 4 is 5.91 Å². The fourth-order valence-corrected chi connectivity index (χ4v) is 3.83. The molecule has 4 rings (SSSR count). The smallest absolute Gasteiger partial charge is 0.254 e. The van der Waals surface area contributed by atoms with Crippen molar-refractivity contribution in [2.45, 2.75) is 19.3 Å². The average molecular weight is 302 g/mol. The summed E-state index contributed by atoms with van der Waals surface area (Å²) in [5.41, 5.74) is 1.05. The van der Waals surface area contributed by atoms with Crippen LogP contribution in [0.15, 0.2) is 18.2 Å². The molecule has 22 heavy (non-hydrogen) atoms. The van der Waals surface area contributed by atoms with Gasteiger partial charge in [-0.1, -0.05) is 0 Å². The van der Waals surface area contributed by atoms with Crippen LogP contribution in [0.2, 0.25) is 0 Å². The quantitative estimate of drug-likeness (QED) is 0.857. The van der Waals surface area contributed by atoms with Gasteiger partial charge in [-0.15, -0.1) is 0 Å². The second kappa shape index (κ2) is 5.47. The third-order valence-electron chi connectivity index (χ3n) is 5.18. The standard InChI is InChI=1S/C17H22N2O3/c20-16(13-1-2-14-15(11-13)22-10-9-21-14)19-8-5-17(12-19)3-6-18-7-4-17/h1-2,11,18H,3-10,12H2. The zero-order valence-corrected chi connectivity index (χ0v) is 12.8. The van der Waals surface area contributed by atoms with E-state index < -0.39 is 0 Å². The number of amides is 1. The predicted octanol–water partition coefficient (Wildman–Crippen LogP) is 1.67. The summed E-state index contributed by atoms with van der Waals surface area (Å²) in [6, 6.07) is 5.52. The molecule has 1 N–H and O–H groups in total. The Bertz CT molecular complexity index is 581. The van der Waals surface area contributed by atoms with E-state index in [1.165, 1.54) is 12.8 Å². The van der Waals surface area contributed by atoms with E-state index in [9.17, 15) is 4.79 Å². The van der Waals surface area contributed by atoms with E-state index in [1.807, 2.05) is 23.1 Å². The van der Waals surface area contributed by atoms with Gasteiger partial charge in [-0.2, -0.15) is 0 Å². The topological polar surface area (TPSA) is 50.8 Å². The minimum Gasteiger partial charge on any atom is -0.486 e. The number of hydrogen-bond acceptors (Lipinski definition) is 4. The lowest BCUT2D eigenvalue weighted by atomic mass is 9.78. The van der Waals surface area contributed by atoms with Crippen molar-refractivity contribution in [3.63, 3.8) is 0 Å². The van der Waals surface area contributed by atoms with E-state index in [0.717, 1.165) is 38.3 Å². The number of fused-ring (bicyclic) bond motifs is 1. The van der Waals surface area contributed by atoms with Crippen LogP contribution in [0, 0.1) is 5.41 Å². The summed E-state index contributed by atoms with van der Waals surface area (Å²) in [6.07, 6.45) is 3.49. The number of likely N-dealkylation sites (tertiary alicyclic amines) is 1. The van der Waals surface area contributed by atoms with Gasteiger partial charge >= 0.3 is 0 Å². The van der Waals surface area contributed by atoms with E-state index in [4.69, 9.17) is 9.47 Å². The SMILES string of the molecule is O=C(c1ccc2c(c1)OCCO2)N1CCC2(CCNCC2)C1. The van der Waals surface area contributed by atoms with Gasteiger partial charge in [0.05, 0.1) is 0 Å². The molecule has 3 aliphatic heterocycles. The first-order chi connectivity index (χ1) is 10.8. The maximum Gasteiger partial charge on any atom is 0.254 e. The van der Waals surface area contributed by atoms with Gasteiger partial charge in [-0.25, -0.2) is 0 Å². The van der Waals surface area contributed by atoms with Crippen LogP contribution >= 0.6 is 0 Å². The number of benzene rings is 1. The molecule has 1 aromatic rings. The summed E-state index contributed by atoms with van der Waals surface area (Å²) < 4.78 is 11.1. The second-order valence-electron chi connectivity index (χ2n) is 6.59.